The Bertz CT molecular complexity index is 593. The molecule has 2 N–H and O–H groups in total. The number of hydrogen-bond donors (Lipinski definition) is 2. The number of likely N-dealkylation sites (N-methyl/N-ethyl adjacent to an activating group) is 1. The summed E-state index contributed by atoms with van der Waals surface area (Å²) in [6.45, 7) is 11.3. The Balaban J connectivity index is 1.54. The van der Waals surface area contributed by atoms with E-state index < -0.39 is 0 Å². The van der Waals surface area contributed by atoms with Crippen molar-refractivity contribution in [3.63, 3.8) is 0 Å². The molecule has 0 saturated carbocycles. The van der Waals surface area contributed by atoms with E-state index in [2.05, 4.69) is 63.5 Å². The summed E-state index contributed by atoms with van der Waals surface area (Å²) in [5, 5.41) is 6.83. The van der Waals surface area contributed by atoms with Crippen LogP contribution in [0.15, 0.2) is 35.5 Å². The van der Waals surface area contributed by atoms with E-state index in [1.54, 1.807) is 0 Å². The Hall–Kier alpha value is -2.08. The van der Waals surface area contributed by atoms with Gasteiger partial charge < -0.3 is 20.4 Å². The molecule has 0 amide bonds. The highest BCUT2D eigenvalue weighted by Crippen LogP contribution is 2.14. The fourth-order valence-corrected chi connectivity index (χ4v) is 3.41. The highest BCUT2D eigenvalue weighted by atomic mass is 15.3. The molecule has 2 heterocycles. The summed E-state index contributed by atoms with van der Waals surface area (Å²) in [6.07, 6.45) is 8.57. The lowest BCUT2D eigenvalue weighted by molar-refractivity contribution is 0.270. The minimum atomic E-state index is 0.468. The maximum atomic E-state index is 4.72. The van der Waals surface area contributed by atoms with Gasteiger partial charge in [0, 0.05) is 45.0 Å². The van der Waals surface area contributed by atoms with Gasteiger partial charge in [-0.15, -0.1) is 0 Å². The van der Waals surface area contributed by atoms with Crippen molar-refractivity contribution in [3.8, 4) is 0 Å². The molecule has 0 bridgehead atoms. The molecule has 6 nitrogen and oxygen atoms in total. The van der Waals surface area contributed by atoms with Crippen LogP contribution in [0.25, 0.3) is 0 Å². The standard InChI is InChI=1S/C20H32N6/c1-3-21-20(24-18-7-5-6-8-18)23-16-17-9-10-19(22-15-17)26-13-11-25(4-2)12-14-26/h5-6,9-10,15,18H,3-4,7-8,11-14,16H2,1-2H3,(H2,21,23,24). The molecular weight excluding hydrogens is 324 g/mol. The van der Waals surface area contributed by atoms with Crippen LogP contribution in [-0.2, 0) is 6.54 Å². The Morgan fingerprint density at radius 2 is 1.92 bits per heavy atom. The zero-order valence-corrected chi connectivity index (χ0v) is 16.1. The molecule has 1 aromatic rings. The summed E-state index contributed by atoms with van der Waals surface area (Å²) in [6, 6.07) is 4.75. The van der Waals surface area contributed by atoms with Crippen LogP contribution in [0.3, 0.4) is 0 Å². The van der Waals surface area contributed by atoms with Crippen molar-refractivity contribution < 1.29 is 0 Å². The molecule has 1 fully saturated rings. The number of hydrogen-bond acceptors (Lipinski definition) is 4. The molecule has 1 aliphatic heterocycles. The third-order valence-corrected chi connectivity index (χ3v) is 5.07. The van der Waals surface area contributed by atoms with Crippen LogP contribution >= 0.6 is 0 Å². The van der Waals surface area contributed by atoms with Crippen LogP contribution in [0.2, 0.25) is 0 Å². The van der Waals surface area contributed by atoms with Crippen LogP contribution in [-0.4, -0.2) is 61.2 Å². The number of pyridine rings is 1. The molecular formula is C20H32N6. The summed E-state index contributed by atoms with van der Waals surface area (Å²) < 4.78 is 0. The van der Waals surface area contributed by atoms with Crippen molar-refractivity contribution in [2.45, 2.75) is 39.3 Å². The lowest BCUT2D eigenvalue weighted by Gasteiger charge is -2.34. The third kappa shape index (κ3) is 5.21. The van der Waals surface area contributed by atoms with Crippen LogP contribution in [0.5, 0.6) is 0 Å². The van der Waals surface area contributed by atoms with Crippen LogP contribution in [0, 0.1) is 0 Å². The number of piperazine rings is 1. The fraction of sp³-hybridized carbons (Fsp3) is 0.600. The first-order valence-corrected chi connectivity index (χ1v) is 9.90. The summed E-state index contributed by atoms with van der Waals surface area (Å²) in [4.78, 5) is 14.2. The van der Waals surface area contributed by atoms with E-state index in [9.17, 15) is 0 Å². The van der Waals surface area contributed by atoms with Gasteiger partial charge in [0.05, 0.1) is 6.54 Å². The van der Waals surface area contributed by atoms with Gasteiger partial charge in [-0.1, -0.05) is 25.1 Å². The van der Waals surface area contributed by atoms with E-state index in [-0.39, 0.29) is 0 Å². The first kappa shape index (κ1) is 18.7. The van der Waals surface area contributed by atoms with Crippen LogP contribution < -0.4 is 15.5 Å². The topological polar surface area (TPSA) is 55.8 Å². The molecule has 0 spiro atoms. The number of rotatable bonds is 6. The number of guanidine groups is 1. The Kier molecular flexibility index (Phi) is 6.89. The molecule has 1 saturated heterocycles. The minimum absolute atomic E-state index is 0.468. The molecule has 3 rings (SSSR count). The van der Waals surface area contributed by atoms with E-state index >= 15 is 0 Å². The van der Waals surface area contributed by atoms with Gasteiger partial charge in [0.1, 0.15) is 5.82 Å². The molecule has 142 valence electrons. The number of nitrogens with zero attached hydrogens (tertiary/aromatic N) is 4. The maximum absolute atomic E-state index is 4.72. The van der Waals surface area contributed by atoms with Crippen molar-refractivity contribution in [2.75, 3.05) is 44.2 Å². The summed E-state index contributed by atoms with van der Waals surface area (Å²) in [5.41, 5.74) is 1.14. The van der Waals surface area contributed by atoms with Crippen molar-refractivity contribution in [1.29, 1.82) is 0 Å². The molecule has 1 aliphatic carbocycles. The van der Waals surface area contributed by atoms with Gasteiger partial charge in [0.25, 0.3) is 0 Å². The van der Waals surface area contributed by atoms with Gasteiger partial charge >= 0.3 is 0 Å². The second-order valence-corrected chi connectivity index (χ2v) is 6.93. The van der Waals surface area contributed by atoms with Gasteiger partial charge in [-0.3, -0.25) is 0 Å². The zero-order valence-electron chi connectivity index (χ0n) is 16.1. The largest absolute Gasteiger partial charge is 0.357 e. The van der Waals surface area contributed by atoms with E-state index in [0.717, 1.165) is 69.5 Å². The second-order valence-electron chi connectivity index (χ2n) is 6.93. The quantitative estimate of drug-likeness (QED) is 0.464. The van der Waals surface area contributed by atoms with E-state index in [0.29, 0.717) is 12.6 Å². The predicted molar refractivity (Wildman–Crippen MR) is 109 cm³/mol. The third-order valence-electron chi connectivity index (χ3n) is 5.07. The number of aliphatic imine (C=N–C) groups is 1. The Morgan fingerprint density at radius 3 is 2.54 bits per heavy atom. The smallest absolute Gasteiger partial charge is 0.191 e. The molecule has 6 heteroatoms. The molecule has 2 aliphatic rings. The predicted octanol–water partition coefficient (Wildman–Crippen LogP) is 2.00. The number of nitrogens with one attached hydrogen (secondary N) is 2. The normalized spacial score (nSPS) is 19.2. The van der Waals surface area contributed by atoms with Gasteiger partial charge in [-0.2, -0.15) is 0 Å². The average Bonchev–Trinajstić information content (AvgIpc) is 3.20. The summed E-state index contributed by atoms with van der Waals surface area (Å²) in [5.74, 6) is 1.97. The summed E-state index contributed by atoms with van der Waals surface area (Å²) in [7, 11) is 0. The lowest BCUT2D eigenvalue weighted by atomic mass is 10.2. The number of aromatic nitrogens is 1. The first-order chi connectivity index (χ1) is 12.8. The lowest BCUT2D eigenvalue weighted by Crippen LogP contribution is -2.46. The van der Waals surface area contributed by atoms with Crippen LogP contribution in [0.1, 0.15) is 32.3 Å². The van der Waals surface area contributed by atoms with E-state index in [1.807, 2.05) is 6.20 Å². The van der Waals surface area contributed by atoms with Gasteiger partial charge in [-0.25, -0.2) is 9.98 Å². The van der Waals surface area contributed by atoms with E-state index in [1.165, 1.54) is 0 Å². The second kappa shape index (κ2) is 9.57. The van der Waals surface area contributed by atoms with Gasteiger partial charge in [-0.05, 0) is 37.9 Å². The van der Waals surface area contributed by atoms with Gasteiger partial charge in [0.2, 0.25) is 0 Å². The summed E-state index contributed by atoms with van der Waals surface area (Å²) >= 11 is 0. The highest BCUT2D eigenvalue weighted by Gasteiger charge is 2.16. The average molecular weight is 357 g/mol. The van der Waals surface area contributed by atoms with Crippen molar-refractivity contribution in [3.05, 3.63) is 36.0 Å². The zero-order chi connectivity index (χ0) is 18.2. The van der Waals surface area contributed by atoms with Crippen LogP contribution in [0.4, 0.5) is 5.82 Å². The highest BCUT2D eigenvalue weighted by molar-refractivity contribution is 5.80. The first-order valence-electron chi connectivity index (χ1n) is 9.90. The Morgan fingerprint density at radius 1 is 1.15 bits per heavy atom. The molecule has 1 aromatic heterocycles. The number of anilines is 1. The SMILES string of the molecule is CCNC(=NCc1ccc(N2CCN(CC)CC2)nc1)NC1CC=CC1. The molecule has 0 unspecified atom stereocenters. The van der Waals surface area contributed by atoms with Crippen molar-refractivity contribution in [2.24, 2.45) is 4.99 Å². The fourth-order valence-electron chi connectivity index (χ4n) is 3.41. The minimum Gasteiger partial charge on any atom is -0.357 e. The molecule has 0 radical (unpaired) electrons. The molecule has 0 atom stereocenters. The maximum Gasteiger partial charge on any atom is 0.191 e. The monoisotopic (exact) mass is 356 g/mol. The molecule has 0 aromatic carbocycles. The van der Waals surface area contributed by atoms with Crippen molar-refractivity contribution in [1.82, 2.24) is 20.5 Å². The van der Waals surface area contributed by atoms with Crippen molar-refractivity contribution >= 4 is 11.8 Å². The Labute approximate surface area is 157 Å². The van der Waals surface area contributed by atoms with E-state index in [4.69, 9.17) is 4.99 Å². The van der Waals surface area contributed by atoms with Gasteiger partial charge in [0.15, 0.2) is 5.96 Å². The molecule has 26 heavy (non-hydrogen) atoms.